The van der Waals surface area contributed by atoms with Gasteiger partial charge in [-0.05, 0) is 49.0 Å². The molecule has 2 amide bonds. The molecule has 0 spiro atoms. The van der Waals surface area contributed by atoms with Crippen LogP contribution < -0.4 is 31.2 Å². The van der Waals surface area contributed by atoms with E-state index in [0.717, 1.165) is 22.1 Å². The summed E-state index contributed by atoms with van der Waals surface area (Å²) in [6, 6.07) is 14.8. The summed E-state index contributed by atoms with van der Waals surface area (Å²) in [6.07, 6.45) is 0.982. The Hall–Kier alpha value is -3.14. The van der Waals surface area contributed by atoms with Crippen molar-refractivity contribution in [1.82, 2.24) is 41.2 Å². The predicted octanol–water partition coefficient (Wildman–Crippen LogP) is 0.135. The number of imidazole rings is 2. The van der Waals surface area contributed by atoms with Crippen LogP contribution in [0.15, 0.2) is 48.5 Å². The molecule has 2 heterocycles. The zero-order chi connectivity index (χ0) is 24.5. The van der Waals surface area contributed by atoms with Crippen molar-refractivity contribution in [3.8, 4) is 0 Å². The van der Waals surface area contributed by atoms with Crippen molar-refractivity contribution in [1.29, 1.82) is 0 Å². The van der Waals surface area contributed by atoms with Gasteiger partial charge >= 0.3 is 19.5 Å². The van der Waals surface area contributed by atoms with Crippen molar-refractivity contribution in [3.05, 3.63) is 60.2 Å². The monoisotopic (exact) mass is 526 g/mol. The van der Waals surface area contributed by atoms with E-state index in [-0.39, 0.29) is 43.4 Å². The van der Waals surface area contributed by atoms with Gasteiger partial charge in [0.2, 0.25) is 11.8 Å². The van der Waals surface area contributed by atoms with Gasteiger partial charge in [-0.25, -0.2) is 0 Å². The van der Waals surface area contributed by atoms with E-state index in [4.69, 9.17) is 0 Å². The molecule has 11 heteroatoms. The van der Waals surface area contributed by atoms with Crippen LogP contribution in [0.1, 0.15) is 11.6 Å². The minimum atomic E-state index is -0.295. The molecule has 0 aliphatic carbocycles. The Balaban J connectivity index is 0.000000240. The maximum Gasteiger partial charge on any atom is 2.00 e. The first kappa shape index (κ1) is 28.1. The van der Waals surface area contributed by atoms with Gasteiger partial charge in [0.15, 0.2) is 0 Å². The zero-order valence-electron chi connectivity index (χ0n) is 20.5. The van der Waals surface area contributed by atoms with Crippen molar-refractivity contribution in [2.24, 2.45) is 0 Å². The maximum absolute atomic E-state index is 11.5. The van der Waals surface area contributed by atoms with Gasteiger partial charge in [0, 0.05) is 14.1 Å². The third kappa shape index (κ3) is 7.42. The Bertz CT molecular complexity index is 1080. The van der Waals surface area contributed by atoms with Gasteiger partial charge in [-0.3, -0.25) is 9.59 Å². The first-order valence-corrected chi connectivity index (χ1v) is 11.0. The first-order chi connectivity index (χ1) is 16.5. The van der Waals surface area contributed by atoms with Crippen molar-refractivity contribution < 1.29 is 29.1 Å². The summed E-state index contributed by atoms with van der Waals surface area (Å²) in [4.78, 5) is 40.6. The number of carbonyl (C=O) groups excluding carboxylic acids is 2. The number of likely N-dealkylation sites (N-methyl/N-ethyl adjacent to an activating group) is 4. The Morgan fingerprint density at radius 1 is 0.714 bits per heavy atom. The normalized spacial score (nSPS) is 12.2. The average Bonchev–Trinajstić information content (AvgIpc) is 3.48. The number of amides is 2. The molecule has 35 heavy (non-hydrogen) atoms. The number of para-hydroxylation sites is 4. The number of carbonyl (C=O) groups is 2. The summed E-state index contributed by atoms with van der Waals surface area (Å²) in [7, 11) is 6.75. The van der Waals surface area contributed by atoms with E-state index in [9.17, 15) is 9.59 Å². The summed E-state index contributed by atoms with van der Waals surface area (Å²) in [6.45, 7) is 0. The number of benzene rings is 2. The molecule has 0 aliphatic rings. The van der Waals surface area contributed by atoms with Gasteiger partial charge in [0.1, 0.15) is 0 Å². The molecule has 4 aromatic rings. The van der Waals surface area contributed by atoms with Crippen LogP contribution in [0.3, 0.4) is 0 Å². The molecule has 180 valence electrons. The smallest absolute Gasteiger partial charge is 0.440 e. The number of rotatable bonds is 8. The van der Waals surface area contributed by atoms with E-state index >= 15 is 0 Å². The molecule has 1 unspecified atom stereocenters. The third-order valence-corrected chi connectivity index (χ3v) is 5.36. The fraction of sp³-hybridized carbons (Fsp3) is 0.333. The molecule has 0 aliphatic heterocycles. The second-order valence-electron chi connectivity index (χ2n) is 7.58. The quantitative estimate of drug-likeness (QED) is 0.237. The van der Waals surface area contributed by atoms with E-state index in [1.807, 2.05) is 48.5 Å². The standard InChI is InChI=1S/2C12H16N4O.Zn/c2*1-13-10(12(17)14-2)7-11-15-8-5-3-4-6-9(8)16-11;/h2*3-6,10,13H,7H2,1-2H3,(H2,14,15,16,17);/q;;+2/p-2/t10-;;/m0../s1. The number of hydrogen-bond acceptors (Lipinski definition) is 6. The molecule has 0 saturated carbocycles. The van der Waals surface area contributed by atoms with Crippen LogP contribution in [0.25, 0.3) is 22.1 Å². The fourth-order valence-electron chi connectivity index (χ4n) is 3.46. The molecule has 4 rings (SSSR count). The van der Waals surface area contributed by atoms with Gasteiger partial charge in [-0.1, -0.05) is 60.2 Å². The Morgan fingerprint density at radius 2 is 1.09 bits per heavy atom. The van der Waals surface area contributed by atoms with Crippen LogP contribution in [-0.2, 0) is 41.9 Å². The summed E-state index contributed by atoms with van der Waals surface area (Å²) >= 11 is 0. The predicted molar refractivity (Wildman–Crippen MR) is 131 cm³/mol. The van der Waals surface area contributed by atoms with Crippen LogP contribution in [0.5, 0.6) is 0 Å². The largest absolute Gasteiger partial charge is 2.00 e. The minimum absolute atomic E-state index is 0. The Labute approximate surface area is 217 Å². The zero-order valence-corrected chi connectivity index (χ0v) is 23.5. The van der Waals surface area contributed by atoms with Crippen molar-refractivity contribution in [2.45, 2.75) is 24.9 Å². The Morgan fingerprint density at radius 3 is 1.40 bits per heavy atom. The summed E-state index contributed by atoms with van der Waals surface area (Å²) in [5.74, 6) is 1.27. The second kappa shape index (κ2) is 13.7. The average molecular weight is 528 g/mol. The van der Waals surface area contributed by atoms with Gasteiger partial charge in [0.25, 0.3) is 0 Å². The van der Waals surface area contributed by atoms with Crippen molar-refractivity contribution >= 4 is 33.9 Å². The molecule has 0 saturated heterocycles. The minimum Gasteiger partial charge on any atom is -0.440 e. The summed E-state index contributed by atoms with van der Waals surface area (Å²) < 4.78 is 0. The molecule has 0 fully saturated rings. The van der Waals surface area contributed by atoms with Crippen LogP contribution in [0, 0.1) is 0 Å². The molecule has 2 aromatic heterocycles. The fourth-order valence-corrected chi connectivity index (χ4v) is 3.46. The van der Waals surface area contributed by atoms with E-state index in [0.29, 0.717) is 24.5 Å². The number of fused-ring (bicyclic) bond motifs is 2. The van der Waals surface area contributed by atoms with Crippen molar-refractivity contribution in [3.63, 3.8) is 0 Å². The molecular weight excluding hydrogens is 498 g/mol. The van der Waals surface area contributed by atoms with E-state index in [1.54, 1.807) is 28.2 Å². The number of hydrogen-bond donors (Lipinski definition) is 4. The van der Waals surface area contributed by atoms with Crippen LogP contribution in [0.4, 0.5) is 0 Å². The third-order valence-electron chi connectivity index (χ3n) is 5.36. The number of nitrogens with zero attached hydrogens (tertiary/aromatic N) is 4. The summed E-state index contributed by atoms with van der Waals surface area (Å²) in [5, 5.41) is 11.1. The van der Waals surface area contributed by atoms with Crippen molar-refractivity contribution in [2.75, 3.05) is 28.2 Å². The molecule has 0 bridgehead atoms. The van der Waals surface area contributed by atoms with Crippen LogP contribution in [-0.4, -0.2) is 62.1 Å². The van der Waals surface area contributed by atoms with Gasteiger partial charge < -0.3 is 41.2 Å². The SMILES string of the molecule is CNC(=O)C(Cc1nc2ccccc2[n-]1)NC.CNC(=O)[C@H](Cc1nc2ccccc2[n-]1)NC.[Zn+2]. The summed E-state index contributed by atoms with van der Waals surface area (Å²) in [5.41, 5.74) is 3.48. The number of aromatic nitrogens is 4. The molecule has 10 nitrogen and oxygen atoms in total. The maximum atomic E-state index is 11.5. The van der Waals surface area contributed by atoms with Gasteiger partial charge in [0.05, 0.1) is 12.1 Å². The molecule has 2 aromatic carbocycles. The molecule has 2 atom stereocenters. The van der Waals surface area contributed by atoms with E-state index < -0.39 is 0 Å². The first-order valence-electron chi connectivity index (χ1n) is 11.0. The molecule has 4 N–H and O–H groups in total. The topological polar surface area (TPSA) is 136 Å². The second-order valence-corrected chi connectivity index (χ2v) is 7.58. The van der Waals surface area contributed by atoms with Gasteiger partial charge in [-0.15, -0.1) is 0 Å². The molecule has 0 radical (unpaired) electrons. The molecular formula is C24H30N8O2Zn. The van der Waals surface area contributed by atoms with Crippen LogP contribution >= 0.6 is 0 Å². The van der Waals surface area contributed by atoms with Crippen LogP contribution in [0.2, 0.25) is 0 Å². The van der Waals surface area contributed by atoms with Gasteiger partial charge in [-0.2, -0.15) is 0 Å². The van der Waals surface area contributed by atoms with E-state index in [1.165, 1.54) is 0 Å². The Kier molecular flexibility index (Phi) is 11.0. The van der Waals surface area contributed by atoms with E-state index in [2.05, 4.69) is 41.2 Å². The number of nitrogens with one attached hydrogen (secondary N) is 4.